The minimum atomic E-state index is 0.179. The summed E-state index contributed by atoms with van der Waals surface area (Å²) in [6.45, 7) is 3.93. The van der Waals surface area contributed by atoms with E-state index in [1.165, 1.54) is 5.56 Å². The monoisotopic (exact) mass is 309 g/mol. The Morgan fingerprint density at radius 2 is 2.26 bits per heavy atom. The maximum Gasteiger partial charge on any atom is 0.183 e. The highest BCUT2D eigenvalue weighted by Gasteiger charge is 2.29. The summed E-state index contributed by atoms with van der Waals surface area (Å²) in [5.41, 5.74) is 9.70. The molecule has 1 unspecified atom stereocenters. The van der Waals surface area contributed by atoms with Crippen LogP contribution in [0.15, 0.2) is 24.7 Å². The summed E-state index contributed by atoms with van der Waals surface area (Å²) < 4.78 is 0. The van der Waals surface area contributed by atoms with Gasteiger partial charge in [-0.1, -0.05) is 6.07 Å². The van der Waals surface area contributed by atoms with Gasteiger partial charge in [-0.25, -0.2) is 15.0 Å². The molecule has 7 heteroatoms. The number of H-pyrrole nitrogens is 1. The summed E-state index contributed by atoms with van der Waals surface area (Å²) in [5.74, 6) is 1.23. The molecule has 3 N–H and O–H groups in total. The van der Waals surface area contributed by atoms with Gasteiger partial charge in [0.05, 0.1) is 12.4 Å². The average molecular weight is 309 g/mol. The molecule has 0 aromatic carbocycles. The number of rotatable bonds is 3. The number of nitrogens with zero attached hydrogens (tertiary/aromatic N) is 5. The molecule has 0 radical (unpaired) electrons. The van der Waals surface area contributed by atoms with Crippen LogP contribution in [0.5, 0.6) is 0 Å². The maximum absolute atomic E-state index is 6.04. The third-order valence-corrected chi connectivity index (χ3v) is 4.48. The lowest BCUT2D eigenvalue weighted by Gasteiger charge is -2.24. The van der Waals surface area contributed by atoms with Crippen molar-refractivity contribution in [1.29, 1.82) is 0 Å². The van der Waals surface area contributed by atoms with Crippen molar-refractivity contribution in [3.63, 3.8) is 0 Å². The number of aromatic amines is 1. The number of nitrogens with one attached hydrogen (secondary N) is 1. The highest BCUT2D eigenvalue weighted by atomic mass is 15.2. The summed E-state index contributed by atoms with van der Waals surface area (Å²) in [7, 11) is 0. The van der Waals surface area contributed by atoms with Gasteiger partial charge in [0.15, 0.2) is 17.3 Å². The molecule has 1 fully saturated rings. The van der Waals surface area contributed by atoms with Gasteiger partial charge in [0.2, 0.25) is 0 Å². The Bertz CT molecular complexity index is 841. The molecular weight excluding hydrogens is 290 g/mol. The highest BCUT2D eigenvalue weighted by Crippen LogP contribution is 2.32. The number of fused-ring (bicyclic) bond motifs is 1. The fourth-order valence-electron chi connectivity index (χ4n) is 3.23. The minimum Gasteiger partial charge on any atom is -0.382 e. The van der Waals surface area contributed by atoms with Crippen molar-refractivity contribution in [3.8, 4) is 0 Å². The van der Waals surface area contributed by atoms with Crippen molar-refractivity contribution in [1.82, 2.24) is 29.8 Å². The Kier molecular flexibility index (Phi) is 3.42. The van der Waals surface area contributed by atoms with E-state index >= 15 is 0 Å². The molecule has 1 aliphatic heterocycles. The van der Waals surface area contributed by atoms with E-state index < -0.39 is 0 Å². The second kappa shape index (κ2) is 5.58. The van der Waals surface area contributed by atoms with Gasteiger partial charge in [-0.2, -0.15) is 0 Å². The first kappa shape index (κ1) is 14.1. The maximum atomic E-state index is 6.04. The van der Waals surface area contributed by atoms with Crippen molar-refractivity contribution >= 4 is 17.0 Å². The minimum absolute atomic E-state index is 0.179. The van der Waals surface area contributed by atoms with E-state index in [1.54, 1.807) is 6.33 Å². The molecule has 1 saturated heterocycles. The molecular formula is C16H19N7. The summed E-state index contributed by atoms with van der Waals surface area (Å²) in [4.78, 5) is 23.1. The van der Waals surface area contributed by atoms with Crippen molar-refractivity contribution in [3.05, 3.63) is 41.7 Å². The first-order valence-electron chi connectivity index (χ1n) is 7.83. The summed E-state index contributed by atoms with van der Waals surface area (Å²) >= 11 is 0. The molecule has 0 spiro atoms. The number of pyridine rings is 1. The van der Waals surface area contributed by atoms with Crippen LogP contribution in [0.4, 0.5) is 5.82 Å². The van der Waals surface area contributed by atoms with Gasteiger partial charge in [-0.3, -0.25) is 9.88 Å². The van der Waals surface area contributed by atoms with Gasteiger partial charge in [-0.15, -0.1) is 0 Å². The molecule has 0 aliphatic carbocycles. The van der Waals surface area contributed by atoms with E-state index in [4.69, 9.17) is 5.73 Å². The number of imidazole rings is 1. The quantitative estimate of drug-likeness (QED) is 0.768. The fraction of sp³-hybridized carbons (Fsp3) is 0.375. The Labute approximate surface area is 134 Å². The molecule has 4 rings (SSSR count). The lowest BCUT2D eigenvalue weighted by Crippen LogP contribution is -2.25. The number of aryl methyl sites for hydroxylation is 1. The molecule has 0 saturated carbocycles. The zero-order chi connectivity index (χ0) is 15.8. The SMILES string of the molecule is Cc1ncccc1CN1CCCC1c1nc(N)c2[nH]cnc2n1. The van der Waals surface area contributed by atoms with Crippen molar-refractivity contribution in [2.45, 2.75) is 32.4 Å². The Balaban J connectivity index is 1.65. The lowest BCUT2D eigenvalue weighted by atomic mass is 10.1. The zero-order valence-corrected chi connectivity index (χ0v) is 13.0. The van der Waals surface area contributed by atoms with Crippen LogP contribution in [0.2, 0.25) is 0 Å². The van der Waals surface area contributed by atoms with Gasteiger partial charge in [0.25, 0.3) is 0 Å². The topological polar surface area (TPSA) is 96.6 Å². The zero-order valence-electron chi connectivity index (χ0n) is 13.0. The molecule has 1 aliphatic rings. The number of nitrogen functional groups attached to an aromatic ring is 1. The van der Waals surface area contributed by atoms with Gasteiger partial charge in [0, 0.05) is 18.4 Å². The van der Waals surface area contributed by atoms with E-state index in [1.807, 2.05) is 19.2 Å². The number of hydrogen-bond acceptors (Lipinski definition) is 6. The Morgan fingerprint density at radius 3 is 3.13 bits per heavy atom. The van der Waals surface area contributed by atoms with Crippen LogP contribution in [-0.2, 0) is 6.54 Å². The van der Waals surface area contributed by atoms with Crippen molar-refractivity contribution in [2.24, 2.45) is 0 Å². The standard InChI is InChI=1S/C16H19N7/c1-10-11(4-2-6-18-10)8-23-7-3-5-12(23)15-21-14(17)13-16(22-15)20-9-19-13/h2,4,6,9,12H,3,5,7-8H2,1H3,(H3,17,19,20,21,22). The fourth-order valence-corrected chi connectivity index (χ4v) is 3.23. The molecule has 3 aromatic rings. The third kappa shape index (κ3) is 2.53. The Hall–Kier alpha value is -2.54. The van der Waals surface area contributed by atoms with E-state index in [0.717, 1.165) is 37.4 Å². The van der Waals surface area contributed by atoms with Crippen LogP contribution in [0, 0.1) is 6.92 Å². The average Bonchev–Trinajstić information content (AvgIpc) is 3.18. The highest BCUT2D eigenvalue weighted by molar-refractivity contribution is 5.80. The van der Waals surface area contributed by atoms with Gasteiger partial charge in [-0.05, 0) is 37.9 Å². The summed E-state index contributed by atoms with van der Waals surface area (Å²) in [6.07, 6.45) is 5.60. The van der Waals surface area contributed by atoms with Crippen molar-refractivity contribution in [2.75, 3.05) is 12.3 Å². The summed E-state index contributed by atoms with van der Waals surface area (Å²) in [6, 6.07) is 4.29. The smallest absolute Gasteiger partial charge is 0.183 e. The molecule has 3 aromatic heterocycles. The number of anilines is 1. The van der Waals surface area contributed by atoms with Crippen LogP contribution < -0.4 is 5.73 Å². The van der Waals surface area contributed by atoms with E-state index in [9.17, 15) is 0 Å². The van der Waals surface area contributed by atoms with E-state index in [2.05, 4.69) is 35.9 Å². The molecule has 23 heavy (non-hydrogen) atoms. The number of nitrogens with two attached hydrogens (primary N) is 1. The van der Waals surface area contributed by atoms with Gasteiger partial charge < -0.3 is 10.7 Å². The summed E-state index contributed by atoms with van der Waals surface area (Å²) in [5, 5.41) is 0. The molecule has 118 valence electrons. The molecule has 7 nitrogen and oxygen atoms in total. The van der Waals surface area contributed by atoms with Gasteiger partial charge >= 0.3 is 0 Å². The van der Waals surface area contributed by atoms with Crippen LogP contribution >= 0.6 is 0 Å². The van der Waals surface area contributed by atoms with Crippen LogP contribution in [0.25, 0.3) is 11.2 Å². The third-order valence-electron chi connectivity index (χ3n) is 4.48. The normalized spacial score (nSPS) is 18.7. The first-order valence-corrected chi connectivity index (χ1v) is 7.83. The van der Waals surface area contributed by atoms with Gasteiger partial charge in [0.1, 0.15) is 5.52 Å². The van der Waals surface area contributed by atoms with Crippen LogP contribution in [0.1, 0.15) is 36.0 Å². The second-order valence-electron chi connectivity index (χ2n) is 5.94. The van der Waals surface area contributed by atoms with Crippen LogP contribution in [0.3, 0.4) is 0 Å². The number of likely N-dealkylation sites (tertiary alicyclic amines) is 1. The van der Waals surface area contributed by atoms with E-state index in [0.29, 0.717) is 17.0 Å². The predicted molar refractivity (Wildman–Crippen MR) is 87.5 cm³/mol. The molecule has 0 bridgehead atoms. The number of hydrogen-bond donors (Lipinski definition) is 2. The lowest BCUT2D eigenvalue weighted by molar-refractivity contribution is 0.239. The number of aromatic nitrogens is 5. The van der Waals surface area contributed by atoms with Crippen LogP contribution in [-0.4, -0.2) is 36.4 Å². The largest absolute Gasteiger partial charge is 0.382 e. The molecule has 1 atom stereocenters. The second-order valence-corrected chi connectivity index (χ2v) is 5.94. The Morgan fingerprint density at radius 1 is 1.35 bits per heavy atom. The van der Waals surface area contributed by atoms with E-state index in [-0.39, 0.29) is 6.04 Å². The first-order chi connectivity index (χ1) is 11.2. The van der Waals surface area contributed by atoms with Crippen molar-refractivity contribution < 1.29 is 0 Å². The molecule has 0 amide bonds. The molecule has 4 heterocycles. The predicted octanol–water partition coefficient (Wildman–Crippen LogP) is 1.98.